The molecule has 0 aromatic carbocycles. The molecule has 4 rings (SSSR count). The second-order valence-corrected chi connectivity index (χ2v) is 8.32. The molecule has 0 radical (unpaired) electrons. The smallest absolute Gasteiger partial charge is 0.0306 e. The monoisotopic (exact) mass is 233 g/mol. The lowest BCUT2D eigenvalue weighted by Crippen LogP contribution is -2.60. The molecule has 4 fully saturated rings. The van der Waals surface area contributed by atoms with Crippen molar-refractivity contribution < 1.29 is 0 Å². The van der Waals surface area contributed by atoms with Gasteiger partial charge in [-0.2, -0.15) is 0 Å². The number of rotatable bonds is 2. The molecule has 0 aromatic heterocycles. The first kappa shape index (κ1) is 11.8. The van der Waals surface area contributed by atoms with E-state index in [-0.39, 0.29) is 6.04 Å². The minimum Gasteiger partial charge on any atom is -0.324 e. The molecule has 3 unspecified atom stereocenters. The second kappa shape index (κ2) is 3.17. The van der Waals surface area contributed by atoms with E-state index in [1.54, 1.807) is 0 Å². The van der Waals surface area contributed by atoms with Crippen LogP contribution in [0.25, 0.3) is 0 Å². The highest BCUT2D eigenvalue weighted by atomic mass is 14.8. The number of hydrogen-bond acceptors (Lipinski definition) is 1. The van der Waals surface area contributed by atoms with Crippen LogP contribution in [0.3, 0.4) is 0 Å². The summed E-state index contributed by atoms with van der Waals surface area (Å²) in [5.41, 5.74) is 9.25. The van der Waals surface area contributed by atoms with Gasteiger partial charge < -0.3 is 5.73 Å². The highest BCUT2D eigenvalue weighted by molar-refractivity contribution is 5.19. The van der Waals surface area contributed by atoms with Gasteiger partial charge in [-0.15, -0.1) is 0 Å². The first-order valence-electron chi connectivity index (χ1n) is 7.17. The van der Waals surface area contributed by atoms with Crippen LogP contribution in [0.4, 0.5) is 0 Å². The van der Waals surface area contributed by atoms with E-state index in [9.17, 15) is 0 Å². The van der Waals surface area contributed by atoms with Gasteiger partial charge in [-0.05, 0) is 67.6 Å². The molecule has 4 bridgehead atoms. The van der Waals surface area contributed by atoms with Gasteiger partial charge in [0.25, 0.3) is 0 Å². The highest BCUT2D eigenvalue weighted by Gasteiger charge is 2.61. The van der Waals surface area contributed by atoms with E-state index in [4.69, 9.17) is 5.73 Å². The molecule has 0 spiro atoms. The largest absolute Gasteiger partial charge is 0.324 e. The highest BCUT2D eigenvalue weighted by Crippen LogP contribution is 2.70. The lowest BCUT2D eigenvalue weighted by Gasteiger charge is -2.67. The predicted molar refractivity (Wildman–Crippen MR) is 72.6 cm³/mol. The normalized spacial score (nSPS) is 53.8. The van der Waals surface area contributed by atoms with Crippen molar-refractivity contribution >= 4 is 0 Å². The summed E-state index contributed by atoms with van der Waals surface area (Å²) >= 11 is 0. The molecular weight excluding hydrogens is 206 g/mol. The lowest BCUT2D eigenvalue weighted by molar-refractivity contribution is -0.149. The van der Waals surface area contributed by atoms with Gasteiger partial charge in [0, 0.05) is 6.04 Å². The molecule has 1 heteroatoms. The van der Waals surface area contributed by atoms with E-state index < -0.39 is 0 Å². The Morgan fingerprint density at radius 3 is 2.06 bits per heavy atom. The Bertz CT molecular complexity index is 352. The van der Waals surface area contributed by atoms with Crippen molar-refractivity contribution in [3.05, 3.63) is 12.2 Å². The van der Waals surface area contributed by atoms with Gasteiger partial charge in [0.1, 0.15) is 0 Å². The average Bonchev–Trinajstić information content (AvgIpc) is 2.10. The van der Waals surface area contributed by atoms with Crippen LogP contribution in [-0.4, -0.2) is 6.04 Å². The standard InChI is InChI=1S/C16H27N/c1-11(2)13(17)16-7-12-5-14(3,9-16)8-15(4,6-12)10-16/h12-13H,1,5-10,17H2,2-4H3. The summed E-state index contributed by atoms with van der Waals surface area (Å²) in [6.07, 6.45) is 8.40. The molecule has 2 N–H and O–H groups in total. The third-order valence-electron chi connectivity index (χ3n) is 5.86. The minimum absolute atomic E-state index is 0.226. The molecule has 4 aliphatic rings. The fourth-order valence-electron chi connectivity index (χ4n) is 6.41. The first-order chi connectivity index (χ1) is 7.76. The maximum atomic E-state index is 6.53. The molecule has 96 valence electrons. The van der Waals surface area contributed by atoms with Crippen molar-refractivity contribution in [1.82, 2.24) is 0 Å². The zero-order valence-electron chi connectivity index (χ0n) is 11.7. The van der Waals surface area contributed by atoms with Crippen LogP contribution >= 0.6 is 0 Å². The summed E-state index contributed by atoms with van der Waals surface area (Å²) in [7, 11) is 0. The fourth-order valence-corrected chi connectivity index (χ4v) is 6.41. The molecule has 0 heterocycles. The molecule has 4 saturated carbocycles. The van der Waals surface area contributed by atoms with Gasteiger partial charge in [-0.25, -0.2) is 0 Å². The van der Waals surface area contributed by atoms with Crippen LogP contribution in [0.2, 0.25) is 0 Å². The summed E-state index contributed by atoms with van der Waals surface area (Å²) in [6.45, 7) is 11.3. The van der Waals surface area contributed by atoms with Crippen LogP contribution < -0.4 is 5.73 Å². The fraction of sp³-hybridized carbons (Fsp3) is 0.875. The molecule has 0 amide bonds. The molecular formula is C16H27N. The van der Waals surface area contributed by atoms with E-state index >= 15 is 0 Å². The van der Waals surface area contributed by atoms with Gasteiger partial charge in [0.05, 0.1) is 0 Å². The lowest BCUT2D eigenvalue weighted by atomic mass is 9.39. The van der Waals surface area contributed by atoms with E-state index in [1.165, 1.54) is 44.1 Å². The predicted octanol–water partition coefficient (Wildman–Crippen LogP) is 3.89. The average molecular weight is 233 g/mol. The Morgan fingerprint density at radius 2 is 1.65 bits per heavy atom. The molecule has 17 heavy (non-hydrogen) atoms. The van der Waals surface area contributed by atoms with Gasteiger partial charge in [0.2, 0.25) is 0 Å². The molecule has 0 saturated heterocycles. The summed E-state index contributed by atoms with van der Waals surface area (Å²) in [5.74, 6) is 0.937. The molecule has 4 aliphatic carbocycles. The van der Waals surface area contributed by atoms with E-state index in [1.807, 2.05) is 0 Å². The quantitative estimate of drug-likeness (QED) is 0.720. The zero-order chi connectivity index (χ0) is 12.5. The van der Waals surface area contributed by atoms with E-state index in [0.717, 1.165) is 5.92 Å². The third kappa shape index (κ3) is 1.62. The van der Waals surface area contributed by atoms with Crippen molar-refractivity contribution in [2.75, 3.05) is 0 Å². The summed E-state index contributed by atoms with van der Waals surface area (Å²) < 4.78 is 0. The van der Waals surface area contributed by atoms with Crippen molar-refractivity contribution in [3.8, 4) is 0 Å². The molecule has 0 aliphatic heterocycles. The van der Waals surface area contributed by atoms with Gasteiger partial charge in [-0.3, -0.25) is 0 Å². The number of nitrogens with two attached hydrogens (primary N) is 1. The first-order valence-corrected chi connectivity index (χ1v) is 7.17. The van der Waals surface area contributed by atoms with Gasteiger partial charge in [-0.1, -0.05) is 26.0 Å². The van der Waals surface area contributed by atoms with Gasteiger partial charge in [0.15, 0.2) is 0 Å². The van der Waals surface area contributed by atoms with Gasteiger partial charge >= 0.3 is 0 Å². The van der Waals surface area contributed by atoms with Crippen LogP contribution in [0.15, 0.2) is 12.2 Å². The van der Waals surface area contributed by atoms with Crippen molar-refractivity contribution in [3.63, 3.8) is 0 Å². The van der Waals surface area contributed by atoms with E-state index in [2.05, 4.69) is 27.4 Å². The van der Waals surface area contributed by atoms with E-state index in [0.29, 0.717) is 16.2 Å². The summed E-state index contributed by atoms with van der Waals surface area (Å²) in [4.78, 5) is 0. The Morgan fingerprint density at radius 1 is 1.12 bits per heavy atom. The van der Waals surface area contributed by atoms with Crippen molar-refractivity contribution in [1.29, 1.82) is 0 Å². The maximum absolute atomic E-state index is 6.53. The minimum atomic E-state index is 0.226. The second-order valence-electron chi connectivity index (χ2n) is 8.32. The Kier molecular flexibility index (Phi) is 2.20. The topological polar surface area (TPSA) is 26.0 Å². The summed E-state index contributed by atoms with van der Waals surface area (Å²) in [5, 5.41) is 0. The Hall–Kier alpha value is -0.300. The van der Waals surface area contributed by atoms with Crippen molar-refractivity contribution in [2.24, 2.45) is 27.9 Å². The molecule has 1 nitrogen and oxygen atoms in total. The zero-order valence-corrected chi connectivity index (χ0v) is 11.7. The third-order valence-corrected chi connectivity index (χ3v) is 5.86. The Balaban J connectivity index is 2.00. The SMILES string of the molecule is C=C(C)C(N)C12CC3CC(C)(CC(C)(C3)C1)C2. The van der Waals surface area contributed by atoms with Crippen LogP contribution in [0.1, 0.15) is 59.3 Å². The summed E-state index contributed by atoms with van der Waals surface area (Å²) in [6, 6.07) is 0.226. The number of hydrogen-bond donors (Lipinski definition) is 1. The maximum Gasteiger partial charge on any atom is 0.0306 e. The Labute approximate surface area is 106 Å². The molecule has 3 atom stereocenters. The van der Waals surface area contributed by atoms with Crippen LogP contribution in [0, 0.1) is 22.2 Å². The van der Waals surface area contributed by atoms with Crippen LogP contribution in [0.5, 0.6) is 0 Å². The molecule has 0 aromatic rings. The van der Waals surface area contributed by atoms with Crippen molar-refractivity contribution in [2.45, 2.75) is 65.3 Å². The van der Waals surface area contributed by atoms with Crippen LogP contribution in [-0.2, 0) is 0 Å².